The maximum atomic E-state index is 12.8. The van der Waals surface area contributed by atoms with E-state index in [0.717, 1.165) is 21.9 Å². The number of benzene rings is 2. The van der Waals surface area contributed by atoms with Gasteiger partial charge in [-0.15, -0.1) is 0 Å². The Hall–Kier alpha value is -4.05. The zero-order chi connectivity index (χ0) is 20.8. The van der Waals surface area contributed by atoms with Gasteiger partial charge in [0.2, 0.25) is 11.8 Å². The monoisotopic (exact) mass is 396 g/mol. The number of nitriles is 1. The lowest BCUT2D eigenvalue weighted by molar-refractivity contribution is -0.136. The van der Waals surface area contributed by atoms with Crippen molar-refractivity contribution < 1.29 is 14.4 Å². The van der Waals surface area contributed by atoms with Crippen molar-refractivity contribution in [2.24, 2.45) is 0 Å². The molecule has 1 atom stereocenters. The molecule has 1 saturated heterocycles. The summed E-state index contributed by atoms with van der Waals surface area (Å²) in [7, 11) is 0. The summed E-state index contributed by atoms with van der Waals surface area (Å²) in [5.41, 5.74) is 3.15. The van der Waals surface area contributed by atoms with Gasteiger partial charge in [-0.3, -0.25) is 19.7 Å². The van der Waals surface area contributed by atoms with Gasteiger partial charge in [0, 0.05) is 29.5 Å². The molecule has 0 saturated carbocycles. The quantitative estimate of drug-likeness (QED) is 0.671. The number of nitrogens with zero attached hydrogens (tertiary/aromatic N) is 3. The van der Waals surface area contributed by atoms with Crippen LogP contribution in [0, 0.1) is 11.3 Å². The minimum absolute atomic E-state index is 0.213. The van der Waals surface area contributed by atoms with E-state index in [1.807, 2.05) is 42.5 Å². The van der Waals surface area contributed by atoms with E-state index in [1.165, 1.54) is 4.90 Å². The molecule has 3 aromatic rings. The van der Waals surface area contributed by atoms with Gasteiger partial charge in [0.15, 0.2) is 0 Å². The summed E-state index contributed by atoms with van der Waals surface area (Å²) in [6.07, 6.45) is 0.550. The van der Waals surface area contributed by atoms with Crippen LogP contribution >= 0.6 is 0 Å². The second kappa shape index (κ2) is 6.78. The Morgan fingerprint density at radius 2 is 1.93 bits per heavy atom. The lowest BCUT2D eigenvalue weighted by Crippen LogP contribution is -2.52. The normalized spacial score (nSPS) is 18.3. The molecule has 3 heterocycles. The number of imide groups is 1. The molecule has 30 heavy (non-hydrogen) atoms. The van der Waals surface area contributed by atoms with E-state index in [-0.39, 0.29) is 18.2 Å². The third kappa shape index (κ3) is 2.81. The topological polar surface area (TPSA) is 103 Å². The summed E-state index contributed by atoms with van der Waals surface area (Å²) in [6.45, 7) is 0.299. The first-order valence-corrected chi connectivity index (χ1v) is 9.63. The van der Waals surface area contributed by atoms with Crippen LogP contribution in [0.4, 0.5) is 0 Å². The standard InChI is InChI=1S/C23H16N4O3/c24-11-19-16-4-2-1-3-13(16)10-18(25-19)14-5-6-17-15(9-14)12-27(23(17)30)20-7-8-21(28)26-22(20)29/h1-6,9-10,20H,7-8,12H2,(H,26,28,29). The molecule has 3 amide bonds. The highest BCUT2D eigenvalue weighted by Crippen LogP contribution is 2.32. The highest BCUT2D eigenvalue weighted by atomic mass is 16.2. The maximum absolute atomic E-state index is 12.8. The zero-order valence-corrected chi connectivity index (χ0v) is 15.9. The van der Waals surface area contributed by atoms with Crippen LogP contribution in [0.25, 0.3) is 22.0 Å². The fourth-order valence-electron chi connectivity index (χ4n) is 4.17. The van der Waals surface area contributed by atoms with Crippen molar-refractivity contribution in [3.05, 3.63) is 65.4 Å². The third-order valence-electron chi connectivity index (χ3n) is 5.67. The molecule has 0 radical (unpaired) electrons. The number of aromatic nitrogens is 1. The fraction of sp³-hybridized carbons (Fsp3) is 0.174. The van der Waals surface area contributed by atoms with Gasteiger partial charge in [-0.1, -0.05) is 30.3 Å². The van der Waals surface area contributed by atoms with Crippen LogP contribution in [-0.4, -0.2) is 33.6 Å². The summed E-state index contributed by atoms with van der Waals surface area (Å²) in [4.78, 5) is 42.5. The fourth-order valence-corrected chi connectivity index (χ4v) is 4.17. The first kappa shape index (κ1) is 18.0. The molecular weight excluding hydrogens is 380 g/mol. The molecule has 0 spiro atoms. The Morgan fingerprint density at radius 1 is 1.10 bits per heavy atom. The number of fused-ring (bicyclic) bond motifs is 2. The molecule has 1 N–H and O–H groups in total. The number of hydrogen-bond acceptors (Lipinski definition) is 5. The summed E-state index contributed by atoms with van der Waals surface area (Å²) in [6, 6.07) is 16.4. The molecule has 5 rings (SSSR count). The van der Waals surface area contributed by atoms with Gasteiger partial charge >= 0.3 is 0 Å². The van der Waals surface area contributed by atoms with E-state index < -0.39 is 11.9 Å². The number of piperidine rings is 1. The van der Waals surface area contributed by atoms with E-state index in [1.54, 1.807) is 6.07 Å². The van der Waals surface area contributed by atoms with Crippen LogP contribution in [-0.2, 0) is 16.1 Å². The number of rotatable bonds is 2. The molecule has 146 valence electrons. The second-order valence-corrected chi connectivity index (χ2v) is 7.46. The number of nitrogens with one attached hydrogen (secondary N) is 1. The van der Waals surface area contributed by atoms with Gasteiger partial charge in [0.25, 0.3) is 5.91 Å². The van der Waals surface area contributed by atoms with Crippen molar-refractivity contribution in [1.82, 2.24) is 15.2 Å². The van der Waals surface area contributed by atoms with Crippen LogP contribution in [0.15, 0.2) is 48.5 Å². The van der Waals surface area contributed by atoms with Crippen molar-refractivity contribution >= 4 is 28.5 Å². The van der Waals surface area contributed by atoms with Crippen molar-refractivity contribution in [3.8, 4) is 17.3 Å². The molecule has 1 unspecified atom stereocenters. The smallest absolute Gasteiger partial charge is 0.255 e. The average molecular weight is 396 g/mol. The van der Waals surface area contributed by atoms with E-state index in [4.69, 9.17) is 0 Å². The lowest BCUT2D eigenvalue weighted by Gasteiger charge is -2.29. The first-order valence-electron chi connectivity index (χ1n) is 9.63. The third-order valence-corrected chi connectivity index (χ3v) is 5.67. The van der Waals surface area contributed by atoms with Gasteiger partial charge in [-0.2, -0.15) is 5.26 Å². The molecule has 1 fully saturated rings. The van der Waals surface area contributed by atoms with E-state index in [2.05, 4.69) is 16.4 Å². The number of carbonyl (C=O) groups is 3. The molecule has 0 aliphatic carbocycles. The summed E-state index contributed by atoms with van der Waals surface area (Å²) in [5.74, 6) is -0.948. The number of hydrogen-bond donors (Lipinski definition) is 1. The molecule has 2 aromatic carbocycles. The Bertz CT molecular complexity index is 1290. The summed E-state index contributed by atoms with van der Waals surface area (Å²) in [5, 5.41) is 13.5. The molecule has 1 aromatic heterocycles. The summed E-state index contributed by atoms with van der Waals surface area (Å²) < 4.78 is 0. The number of carbonyl (C=O) groups excluding carboxylic acids is 3. The van der Waals surface area contributed by atoms with Crippen LogP contribution in [0.3, 0.4) is 0 Å². The number of amides is 3. The van der Waals surface area contributed by atoms with Gasteiger partial charge in [0.1, 0.15) is 17.8 Å². The molecule has 7 heteroatoms. The van der Waals surface area contributed by atoms with Gasteiger partial charge in [-0.25, -0.2) is 4.98 Å². The van der Waals surface area contributed by atoms with Crippen molar-refractivity contribution in [3.63, 3.8) is 0 Å². The highest BCUT2D eigenvalue weighted by molar-refractivity contribution is 6.05. The van der Waals surface area contributed by atoms with Gasteiger partial charge in [0.05, 0.1) is 5.69 Å². The minimum Gasteiger partial charge on any atom is -0.322 e. The van der Waals surface area contributed by atoms with Gasteiger partial charge in [-0.05, 0) is 35.6 Å². The van der Waals surface area contributed by atoms with E-state index in [0.29, 0.717) is 29.9 Å². The zero-order valence-electron chi connectivity index (χ0n) is 15.9. The second-order valence-electron chi connectivity index (χ2n) is 7.46. The lowest BCUT2D eigenvalue weighted by atomic mass is 10.0. The Morgan fingerprint density at radius 3 is 2.73 bits per heavy atom. The Kier molecular flexibility index (Phi) is 4.07. The molecular formula is C23H16N4O3. The molecule has 0 bridgehead atoms. The first-order chi connectivity index (χ1) is 14.5. The van der Waals surface area contributed by atoms with E-state index in [9.17, 15) is 19.6 Å². The Balaban J connectivity index is 1.51. The average Bonchev–Trinajstić information content (AvgIpc) is 3.08. The molecule has 7 nitrogen and oxygen atoms in total. The maximum Gasteiger partial charge on any atom is 0.255 e. The van der Waals surface area contributed by atoms with Crippen LogP contribution in [0.5, 0.6) is 0 Å². The highest BCUT2D eigenvalue weighted by Gasteiger charge is 2.39. The SMILES string of the molecule is N#Cc1nc(-c2ccc3c(c2)CN(C2CCC(=O)NC2=O)C3=O)cc2ccccc12. The largest absolute Gasteiger partial charge is 0.322 e. The van der Waals surface area contributed by atoms with Gasteiger partial charge < -0.3 is 4.90 Å². The predicted molar refractivity (Wildman–Crippen MR) is 108 cm³/mol. The number of pyridine rings is 1. The molecule has 2 aliphatic heterocycles. The van der Waals surface area contributed by atoms with Crippen molar-refractivity contribution in [2.75, 3.05) is 0 Å². The van der Waals surface area contributed by atoms with Crippen molar-refractivity contribution in [1.29, 1.82) is 5.26 Å². The van der Waals surface area contributed by atoms with E-state index >= 15 is 0 Å². The van der Waals surface area contributed by atoms with Crippen LogP contribution in [0.2, 0.25) is 0 Å². The summed E-state index contributed by atoms with van der Waals surface area (Å²) >= 11 is 0. The molecule has 2 aliphatic rings. The van der Waals surface area contributed by atoms with Crippen LogP contribution < -0.4 is 5.32 Å². The Labute approximate surface area is 171 Å². The minimum atomic E-state index is -0.643. The predicted octanol–water partition coefficient (Wildman–Crippen LogP) is 2.53. The van der Waals surface area contributed by atoms with Crippen molar-refractivity contribution in [2.45, 2.75) is 25.4 Å². The van der Waals surface area contributed by atoms with Crippen LogP contribution in [0.1, 0.15) is 34.5 Å².